The highest BCUT2D eigenvalue weighted by Gasteiger charge is 2.22. The Kier molecular flexibility index (Phi) is 4.70. The molecule has 0 N–H and O–H groups in total. The van der Waals surface area contributed by atoms with Crippen LogP contribution in [0.15, 0.2) is 30.3 Å². The van der Waals surface area contributed by atoms with Crippen LogP contribution in [0.2, 0.25) is 15.1 Å². The lowest BCUT2D eigenvalue weighted by Crippen LogP contribution is -1.96. The molecule has 0 fully saturated rings. The Hall–Kier alpha value is -2.09. The smallest absolute Gasteiger partial charge is 0.318 e. The van der Waals surface area contributed by atoms with Crippen LogP contribution < -0.4 is 4.74 Å². The predicted octanol–water partition coefficient (Wildman–Crippen LogP) is 5.26. The highest BCUT2D eigenvalue weighted by molar-refractivity contribution is 6.40. The summed E-state index contributed by atoms with van der Waals surface area (Å²) in [5.41, 5.74) is -1.02. The molecule has 0 aromatic heterocycles. The van der Waals surface area contributed by atoms with Gasteiger partial charge in [-0.15, -0.1) is 0 Å². The monoisotopic (exact) mass is 362 g/mol. The Morgan fingerprint density at radius 2 is 1.50 bits per heavy atom. The summed E-state index contributed by atoms with van der Waals surface area (Å²) in [6.07, 6.45) is 0. The molecule has 0 radical (unpaired) electrons. The van der Waals surface area contributed by atoms with Crippen LogP contribution in [0.4, 0.5) is 11.4 Å². The molecule has 0 atom stereocenters. The van der Waals surface area contributed by atoms with Gasteiger partial charge in [0.2, 0.25) is 5.75 Å². The van der Waals surface area contributed by atoms with Gasteiger partial charge in [-0.3, -0.25) is 20.2 Å². The lowest BCUT2D eigenvalue weighted by molar-refractivity contribution is -0.394. The molecule has 2 aromatic carbocycles. The molecular weight excluding hydrogens is 359 g/mol. The van der Waals surface area contributed by atoms with Crippen molar-refractivity contribution in [3.63, 3.8) is 0 Å². The topological polar surface area (TPSA) is 95.5 Å². The number of nitro groups is 2. The molecule has 114 valence electrons. The number of ether oxygens (including phenoxy) is 1. The van der Waals surface area contributed by atoms with Crippen LogP contribution in [0, 0.1) is 20.2 Å². The number of nitro benzene ring substituents is 2. The zero-order valence-electron chi connectivity index (χ0n) is 10.5. The third kappa shape index (κ3) is 3.38. The van der Waals surface area contributed by atoms with E-state index in [9.17, 15) is 20.2 Å². The molecule has 0 amide bonds. The number of hydrogen-bond acceptors (Lipinski definition) is 5. The molecule has 0 unspecified atom stereocenters. The van der Waals surface area contributed by atoms with E-state index in [1.165, 1.54) is 12.1 Å². The average molecular weight is 364 g/mol. The van der Waals surface area contributed by atoms with Gasteiger partial charge in [0.05, 0.1) is 26.0 Å². The van der Waals surface area contributed by atoms with E-state index >= 15 is 0 Å². The predicted molar refractivity (Wildman–Crippen MR) is 81.3 cm³/mol. The molecule has 0 saturated heterocycles. The molecule has 0 spiro atoms. The average Bonchev–Trinajstić information content (AvgIpc) is 2.42. The molecule has 0 bridgehead atoms. The van der Waals surface area contributed by atoms with Crippen LogP contribution >= 0.6 is 34.8 Å². The van der Waals surface area contributed by atoms with Gasteiger partial charge in [-0.2, -0.15) is 0 Å². The van der Waals surface area contributed by atoms with E-state index in [0.717, 1.165) is 18.2 Å². The molecule has 7 nitrogen and oxygen atoms in total. The second-order valence-corrected chi connectivity index (χ2v) is 5.22. The fourth-order valence-electron chi connectivity index (χ4n) is 1.58. The van der Waals surface area contributed by atoms with E-state index < -0.39 is 21.2 Å². The van der Waals surface area contributed by atoms with E-state index in [4.69, 9.17) is 39.5 Å². The summed E-state index contributed by atoms with van der Waals surface area (Å²) in [6, 6.07) is 5.65. The van der Waals surface area contributed by atoms with Gasteiger partial charge in [0.25, 0.3) is 5.69 Å². The second-order valence-electron chi connectivity index (χ2n) is 3.97. The summed E-state index contributed by atoms with van der Waals surface area (Å²) in [5.74, 6) is -0.272. The van der Waals surface area contributed by atoms with Crippen LogP contribution in [-0.2, 0) is 0 Å². The SMILES string of the molecule is O=[N+]([O-])c1ccc(Oc2c(Cl)cc(Cl)cc2Cl)c([N+](=O)[O-])c1. The minimum atomic E-state index is -0.805. The highest BCUT2D eigenvalue weighted by atomic mass is 35.5. The van der Waals surface area contributed by atoms with Crippen LogP contribution in [0.25, 0.3) is 0 Å². The summed E-state index contributed by atoms with van der Waals surface area (Å²) in [6.45, 7) is 0. The van der Waals surface area contributed by atoms with E-state index in [0.29, 0.717) is 0 Å². The molecule has 0 aliphatic heterocycles. The van der Waals surface area contributed by atoms with E-state index in [1.807, 2.05) is 0 Å². The number of halogens is 3. The van der Waals surface area contributed by atoms with E-state index in [1.54, 1.807) is 0 Å². The Labute approximate surface area is 138 Å². The molecule has 2 rings (SSSR count). The largest absolute Gasteiger partial charge is 0.447 e. The lowest BCUT2D eigenvalue weighted by Gasteiger charge is -2.10. The van der Waals surface area contributed by atoms with Crippen molar-refractivity contribution in [2.45, 2.75) is 0 Å². The molecule has 10 heteroatoms. The molecule has 0 aliphatic rings. The fourth-order valence-corrected chi connectivity index (χ4v) is 2.48. The molecule has 0 heterocycles. The minimum Gasteiger partial charge on any atom is -0.447 e. The summed E-state index contributed by atoms with van der Waals surface area (Å²) >= 11 is 17.6. The van der Waals surface area contributed by atoms with Crippen molar-refractivity contribution in [1.29, 1.82) is 0 Å². The van der Waals surface area contributed by atoms with E-state index in [2.05, 4.69) is 0 Å². The summed E-state index contributed by atoms with van der Waals surface area (Å²) in [7, 11) is 0. The molecule has 22 heavy (non-hydrogen) atoms. The third-order valence-corrected chi connectivity index (χ3v) is 3.30. The molecule has 0 saturated carbocycles. The zero-order chi connectivity index (χ0) is 16.4. The summed E-state index contributed by atoms with van der Waals surface area (Å²) in [5, 5.41) is 22.1. The first-order valence-corrected chi connectivity index (χ1v) is 6.68. The van der Waals surface area contributed by atoms with Crippen molar-refractivity contribution < 1.29 is 14.6 Å². The Balaban J connectivity index is 2.50. The van der Waals surface area contributed by atoms with Crippen LogP contribution in [0.3, 0.4) is 0 Å². The zero-order valence-corrected chi connectivity index (χ0v) is 12.7. The van der Waals surface area contributed by atoms with Crippen molar-refractivity contribution in [3.05, 3.63) is 65.6 Å². The standard InChI is InChI=1S/C12H5Cl3N2O5/c13-6-3-8(14)12(9(15)4-6)22-11-2-1-7(16(18)19)5-10(11)17(20)21/h1-5H. The van der Waals surface area contributed by atoms with Gasteiger partial charge in [0.15, 0.2) is 5.75 Å². The second kappa shape index (κ2) is 6.35. The van der Waals surface area contributed by atoms with E-state index in [-0.39, 0.29) is 26.6 Å². The van der Waals surface area contributed by atoms with Gasteiger partial charge in [-0.1, -0.05) is 34.8 Å². The number of non-ortho nitro benzene ring substituents is 1. The quantitative estimate of drug-likeness (QED) is 0.545. The number of benzene rings is 2. The maximum atomic E-state index is 11.0. The van der Waals surface area contributed by atoms with Crippen molar-refractivity contribution in [2.75, 3.05) is 0 Å². The van der Waals surface area contributed by atoms with Crippen LogP contribution in [0.5, 0.6) is 11.5 Å². The molecule has 2 aromatic rings. The fraction of sp³-hybridized carbons (Fsp3) is 0. The van der Waals surface area contributed by atoms with Crippen LogP contribution in [-0.4, -0.2) is 9.85 Å². The van der Waals surface area contributed by atoms with Gasteiger partial charge >= 0.3 is 5.69 Å². The molecular formula is C12H5Cl3N2O5. The van der Waals surface area contributed by atoms with Gasteiger partial charge < -0.3 is 4.74 Å². The molecule has 0 aliphatic carbocycles. The highest BCUT2D eigenvalue weighted by Crippen LogP contribution is 2.41. The lowest BCUT2D eigenvalue weighted by atomic mass is 10.2. The number of nitrogens with zero attached hydrogens (tertiary/aromatic N) is 2. The number of hydrogen-bond donors (Lipinski definition) is 0. The maximum absolute atomic E-state index is 11.0. The maximum Gasteiger partial charge on any atom is 0.318 e. The van der Waals surface area contributed by atoms with Crippen LogP contribution in [0.1, 0.15) is 0 Å². The normalized spacial score (nSPS) is 10.3. The van der Waals surface area contributed by atoms with Crippen molar-refractivity contribution >= 4 is 46.2 Å². The van der Waals surface area contributed by atoms with Gasteiger partial charge in [-0.05, 0) is 18.2 Å². The van der Waals surface area contributed by atoms with Gasteiger partial charge in [0, 0.05) is 11.1 Å². The third-order valence-electron chi connectivity index (χ3n) is 2.53. The van der Waals surface area contributed by atoms with Gasteiger partial charge in [0.1, 0.15) is 0 Å². The number of rotatable bonds is 4. The Bertz CT molecular complexity index is 758. The minimum absolute atomic E-state index is 0.0373. The Morgan fingerprint density at radius 3 is 2.00 bits per heavy atom. The van der Waals surface area contributed by atoms with Crippen molar-refractivity contribution in [3.8, 4) is 11.5 Å². The van der Waals surface area contributed by atoms with Gasteiger partial charge in [-0.25, -0.2) is 0 Å². The first-order chi connectivity index (χ1) is 10.3. The summed E-state index contributed by atoms with van der Waals surface area (Å²) in [4.78, 5) is 20.1. The van der Waals surface area contributed by atoms with Crippen molar-refractivity contribution in [1.82, 2.24) is 0 Å². The first-order valence-electron chi connectivity index (χ1n) is 5.55. The van der Waals surface area contributed by atoms with Crippen molar-refractivity contribution in [2.24, 2.45) is 0 Å². The summed E-state index contributed by atoms with van der Waals surface area (Å²) < 4.78 is 5.34. The first kappa shape index (κ1) is 16.3. The Morgan fingerprint density at radius 1 is 0.909 bits per heavy atom.